The molecule has 0 aromatic carbocycles. The van der Waals surface area contributed by atoms with Gasteiger partial charge in [-0.2, -0.15) is 10.2 Å². The highest BCUT2D eigenvalue weighted by Crippen LogP contribution is 2.17. The van der Waals surface area contributed by atoms with Gasteiger partial charge in [0.25, 0.3) is 5.91 Å². The van der Waals surface area contributed by atoms with Crippen LogP contribution in [-0.4, -0.2) is 48.0 Å². The summed E-state index contributed by atoms with van der Waals surface area (Å²) in [6.45, 7) is 9.42. The molecule has 130 valence electrons. The van der Waals surface area contributed by atoms with Crippen LogP contribution >= 0.6 is 0 Å². The average Bonchev–Trinajstić information content (AvgIpc) is 3.09. The lowest BCUT2D eigenvalue weighted by molar-refractivity contribution is -0.137. The van der Waals surface area contributed by atoms with E-state index in [1.165, 1.54) is 17.1 Å². The highest BCUT2D eigenvalue weighted by atomic mass is 16.4. The number of amides is 1. The third kappa shape index (κ3) is 3.64. The van der Waals surface area contributed by atoms with E-state index in [0.29, 0.717) is 18.7 Å². The molecule has 1 N–H and O–H groups in total. The lowest BCUT2D eigenvalue weighted by Gasteiger charge is -2.20. The molecule has 2 aromatic heterocycles. The number of carboxylic acids is 1. The van der Waals surface area contributed by atoms with Gasteiger partial charge in [0.1, 0.15) is 6.54 Å². The minimum atomic E-state index is -0.998. The van der Waals surface area contributed by atoms with Crippen LogP contribution in [0.5, 0.6) is 0 Å². The molecule has 0 saturated heterocycles. The maximum absolute atomic E-state index is 12.7. The molecule has 0 saturated carbocycles. The molecule has 0 aliphatic rings. The van der Waals surface area contributed by atoms with Gasteiger partial charge in [-0.25, -0.2) is 0 Å². The Bertz CT molecular complexity index is 747. The largest absolute Gasteiger partial charge is 0.480 e. The van der Waals surface area contributed by atoms with Crippen LogP contribution in [0.15, 0.2) is 12.4 Å². The number of hydrogen-bond acceptors (Lipinski definition) is 4. The minimum Gasteiger partial charge on any atom is -0.480 e. The monoisotopic (exact) mass is 333 g/mol. The fourth-order valence-corrected chi connectivity index (χ4v) is 2.67. The second kappa shape index (κ2) is 7.29. The van der Waals surface area contributed by atoms with Gasteiger partial charge in [-0.15, -0.1) is 0 Å². The fraction of sp³-hybridized carbons (Fsp3) is 0.500. The van der Waals surface area contributed by atoms with Crippen LogP contribution in [0.25, 0.3) is 0 Å². The number of aryl methyl sites for hydroxylation is 2. The summed E-state index contributed by atoms with van der Waals surface area (Å²) in [4.78, 5) is 25.1. The molecule has 2 aromatic rings. The maximum atomic E-state index is 12.7. The van der Waals surface area contributed by atoms with Gasteiger partial charge in [0, 0.05) is 37.1 Å². The van der Waals surface area contributed by atoms with Gasteiger partial charge >= 0.3 is 5.97 Å². The van der Waals surface area contributed by atoms with Gasteiger partial charge in [0.05, 0.1) is 17.5 Å². The number of carboxylic acid groups (broad SMARTS) is 1. The Kier molecular flexibility index (Phi) is 5.38. The molecule has 24 heavy (non-hydrogen) atoms. The topological polar surface area (TPSA) is 93.3 Å². The van der Waals surface area contributed by atoms with Gasteiger partial charge in [-0.3, -0.25) is 19.0 Å². The summed E-state index contributed by atoms with van der Waals surface area (Å²) in [5.41, 5.74) is 3.41. The molecule has 0 aliphatic carbocycles. The molecule has 0 spiro atoms. The van der Waals surface area contributed by atoms with Crippen molar-refractivity contribution < 1.29 is 14.7 Å². The second-order valence-electron chi connectivity index (χ2n) is 5.60. The Labute approximate surface area is 140 Å². The summed E-state index contributed by atoms with van der Waals surface area (Å²) in [7, 11) is 0. The van der Waals surface area contributed by atoms with Gasteiger partial charge in [-0.1, -0.05) is 0 Å². The standard InChI is InChI=1S/C16H23N5O3/c1-5-19(9-14-11(3)18-21(6-2)12(14)4)16(24)13-7-17-20(8-13)10-15(22)23/h7-8H,5-6,9-10H2,1-4H3,(H,22,23). The Hall–Kier alpha value is -2.64. The summed E-state index contributed by atoms with van der Waals surface area (Å²) in [6.07, 6.45) is 2.87. The normalized spacial score (nSPS) is 10.8. The number of aromatic nitrogens is 4. The molecule has 0 aliphatic heterocycles. The zero-order chi connectivity index (χ0) is 17.9. The Morgan fingerprint density at radius 3 is 2.54 bits per heavy atom. The lowest BCUT2D eigenvalue weighted by Crippen LogP contribution is -2.30. The summed E-state index contributed by atoms with van der Waals surface area (Å²) in [6, 6.07) is 0. The Morgan fingerprint density at radius 1 is 1.29 bits per heavy atom. The van der Waals surface area contributed by atoms with Crippen molar-refractivity contribution in [2.75, 3.05) is 6.54 Å². The van der Waals surface area contributed by atoms with Crippen LogP contribution in [0, 0.1) is 13.8 Å². The highest BCUT2D eigenvalue weighted by Gasteiger charge is 2.20. The van der Waals surface area contributed by atoms with Crippen molar-refractivity contribution in [1.29, 1.82) is 0 Å². The molecule has 8 heteroatoms. The molecular weight excluding hydrogens is 310 g/mol. The first kappa shape index (κ1) is 17.7. The predicted molar refractivity (Wildman–Crippen MR) is 87.7 cm³/mol. The molecule has 0 bridgehead atoms. The first-order valence-corrected chi connectivity index (χ1v) is 7.93. The van der Waals surface area contributed by atoms with E-state index < -0.39 is 5.97 Å². The van der Waals surface area contributed by atoms with Crippen LogP contribution < -0.4 is 0 Å². The van der Waals surface area contributed by atoms with Crippen molar-refractivity contribution >= 4 is 11.9 Å². The van der Waals surface area contributed by atoms with Crippen molar-refractivity contribution in [2.45, 2.75) is 47.3 Å². The van der Waals surface area contributed by atoms with Crippen LogP contribution in [0.2, 0.25) is 0 Å². The third-order valence-corrected chi connectivity index (χ3v) is 4.03. The molecular formula is C16H23N5O3. The first-order valence-electron chi connectivity index (χ1n) is 7.93. The molecule has 1 amide bonds. The number of rotatable bonds is 7. The number of hydrogen-bond donors (Lipinski definition) is 1. The number of aliphatic carboxylic acids is 1. The summed E-state index contributed by atoms with van der Waals surface area (Å²) in [5, 5.41) is 17.2. The summed E-state index contributed by atoms with van der Waals surface area (Å²) >= 11 is 0. The zero-order valence-corrected chi connectivity index (χ0v) is 14.5. The predicted octanol–water partition coefficient (Wildman–Crippen LogP) is 1.46. The number of carbonyl (C=O) groups excluding carboxylic acids is 1. The van der Waals surface area contributed by atoms with E-state index in [1.54, 1.807) is 4.90 Å². The minimum absolute atomic E-state index is 0.169. The average molecular weight is 333 g/mol. The van der Waals surface area contributed by atoms with E-state index in [-0.39, 0.29) is 12.5 Å². The molecule has 8 nitrogen and oxygen atoms in total. The van der Waals surface area contributed by atoms with Crippen molar-refractivity contribution in [3.63, 3.8) is 0 Å². The molecule has 2 heterocycles. The SMILES string of the molecule is CCN(Cc1c(C)nn(CC)c1C)C(=O)c1cnn(CC(=O)O)c1. The molecule has 2 rings (SSSR count). The van der Waals surface area contributed by atoms with E-state index in [4.69, 9.17) is 5.11 Å². The van der Waals surface area contributed by atoms with Gasteiger partial charge < -0.3 is 10.0 Å². The maximum Gasteiger partial charge on any atom is 0.325 e. The van der Waals surface area contributed by atoms with Gasteiger partial charge in [-0.05, 0) is 27.7 Å². The smallest absolute Gasteiger partial charge is 0.325 e. The van der Waals surface area contributed by atoms with Crippen molar-refractivity contribution in [3.8, 4) is 0 Å². The van der Waals surface area contributed by atoms with Crippen molar-refractivity contribution in [3.05, 3.63) is 34.9 Å². The molecule has 0 fully saturated rings. The highest BCUT2D eigenvalue weighted by molar-refractivity contribution is 5.93. The van der Waals surface area contributed by atoms with E-state index in [2.05, 4.69) is 10.2 Å². The molecule has 0 unspecified atom stereocenters. The molecule has 0 atom stereocenters. The molecule has 0 radical (unpaired) electrons. The zero-order valence-electron chi connectivity index (χ0n) is 14.5. The van der Waals surface area contributed by atoms with Gasteiger partial charge in [0.2, 0.25) is 0 Å². The van der Waals surface area contributed by atoms with E-state index >= 15 is 0 Å². The van der Waals surface area contributed by atoms with Crippen molar-refractivity contribution in [2.24, 2.45) is 0 Å². The number of nitrogens with zero attached hydrogens (tertiary/aromatic N) is 5. The van der Waals surface area contributed by atoms with Gasteiger partial charge in [0.15, 0.2) is 0 Å². The first-order chi connectivity index (χ1) is 11.4. The Morgan fingerprint density at radius 2 is 2.00 bits per heavy atom. The van der Waals surface area contributed by atoms with E-state index in [0.717, 1.165) is 23.5 Å². The third-order valence-electron chi connectivity index (χ3n) is 4.03. The van der Waals surface area contributed by atoms with Crippen LogP contribution in [0.1, 0.15) is 41.2 Å². The quantitative estimate of drug-likeness (QED) is 0.828. The number of carbonyl (C=O) groups is 2. The Balaban J connectivity index is 2.19. The van der Waals surface area contributed by atoms with Crippen LogP contribution in [0.3, 0.4) is 0 Å². The van der Waals surface area contributed by atoms with Crippen LogP contribution in [0.4, 0.5) is 0 Å². The fourth-order valence-electron chi connectivity index (χ4n) is 2.67. The second-order valence-corrected chi connectivity index (χ2v) is 5.60. The summed E-state index contributed by atoms with van der Waals surface area (Å²) < 4.78 is 3.17. The van der Waals surface area contributed by atoms with Crippen LogP contribution in [-0.2, 0) is 24.4 Å². The van der Waals surface area contributed by atoms with Crippen molar-refractivity contribution in [1.82, 2.24) is 24.5 Å². The van der Waals surface area contributed by atoms with E-state index in [9.17, 15) is 9.59 Å². The van der Waals surface area contributed by atoms with E-state index in [1.807, 2.05) is 32.4 Å². The lowest BCUT2D eigenvalue weighted by atomic mass is 10.1. The summed E-state index contributed by atoms with van der Waals surface area (Å²) in [5.74, 6) is -1.17.